The fourth-order valence-corrected chi connectivity index (χ4v) is 0. The van der Waals surface area contributed by atoms with E-state index in [9.17, 15) is 39.5 Å². The first-order valence-electron chi connectivity index (χ1n) is 4.88. The maximum absolute atomic E-state index is 10.8. The number of hydrogen-bond donors (Lipinski definition) is 0. The third-order valence-corrected chi connectivity index (χ3v) is 1.20. The summed E-state index contributed by atoms with van der Waals surface area (Å²) in [5, 5.41) is 0. The summed E-state index contributed by atoms with van der Waals surface area (Å²) in [7, 11) is 0. The zero-order chi connectivity index (χ0) is 15.6. The standard InChI is InChI=1S/3C3H5F3.CH4/c3*1-2-3(4,5)6;/h3*2H2,1H3;1H4. The molecule has 0 heterocycles. The van der Waals surface area contributed by atoms with Crippen molar-refractivity contribution in [3.05, 3.63) is 0 Å². The fraction of sp³-hybridized carbons (Fsp3) is 1.00. The number of halogens is 9. The number of hydrogen-bond acceptors (Lipinski definition) is 0. The molecular formula is C10H19F9. The van der Waals surface area contributed by atoms with Crippen LogP contribution >= 0.6 is 0 Å². The van der Waals surface area contributed by atoms with E-state index in [-0.39, 0.29) is 7.43 Å². The fourth-order valence-electron chi connectivity index (χ4n) is 0. The summed E-state index contributed by atoms with van der Waals surface area (Å²) in [4.78, 5) is 0. The summed E-state index contributed by atoms with van der Waals surface area (Å²) in [6.07, 6.45) is -14.1. The summed E-state index contributed by atoms with van der Waals surface area (Å²) in [5.74, 6) is 0. The second-order valence-electron chi connectivity index (χ2n) is 2.91. The molecule has 0 aromatic carbocycles. The summed E-state index contributed by atoms with van der Waals surface area (Å²) in [5.41, 5.74) is 0. The molecule has 0 amide bonds. The van der Waals surface area contributed by atoms with Crippen LogP contribution in [0.4, 0.5) is 39.5 Å². The first-order valence-corrected chi connectivity index (χ1v) is 4.88. The highest BCUT2D eigenvalue weighted by Gasteiger charge is 2.23. The smallest absolute Gasteiger partial charge is 0.171 e. The van der Waals surface area contributed by atoms with Gasteiger partial charge in [-0.25, -0.2) is 0 Å². The lowest BCUT2D eigenvalue weighted by Gasteiger charge is -1.96. The lowest BCUT2D eigenvalue weighted by Crippen LogP contribution is -2.02. The molecule has 0 unspecified atom stereocenters. The molecule has 0 spiro atoms. The summed E-state index contributed by atoms with van der Waals surface area (Å²) in [6.45, 7) is 3.25. The van der Waals surface area contributed by atoms with Crippen molar-refractivity contribution in [1.29, 1.82) is 0 Å². The van der Waals surface area contributed by atoms with Crippen molar-refractivity contribution in [2.45, 2.75) is 66.0 Å². The van der Waals surface area contributed by atoms with Crippen molar-refractivity contribution in [3.8, 4) is 0 Å². The molecule has 0 rings (SSSR count). The molecule has 0 N–H and O–H groups in total. The Morgan fingerprint density at radius 2 is 0.526 bits per heavy atom. The van der Waals surface area contributed by atoms with Gasteiger partial charge in [-0.05, 0) is 0 Å². The molecule has 0 aliphatic rings. The second-order valence-corrected chi connectivity index (χ2v) is 2.91. The van der Waals surface area contributed by atoms with Crippen molar-refractivity contribution < 1.29 is 39.5 Å². The molecule has 0 saturated carbocycles. The number of alkyl halides is 9. The predicted octanol–water partition coefficient (Wildman–Crippen LogP) is 6.51. The van der Waals surface area contributed by atoms with E-state index >= 15 is 0 Å². The van der Waals surface area contributed by atoms with Crippen LogP contribution in [-0.2, 0) is 0 Å². The molecule has 0 aromatic rings. The lowest BCUT2D eigenvalue weighted by atomic mass is 10.5. The zero-order valence-corrected chi connectivity index (χ0v) is 10.0. The normalized spacial score (nSPS) is 11.4. The van der Waals surface area contributed by atoms with Crippen LogP contribution in [0.15, 0.2) is 0 Å². The van der Waals surface area contributed by atoms with Crippen molar-refractivity contribution in [1.82, 2.24) is 0 Å². The van der Waals surface area contributed by atoms with Crippen molar-refractivity contribution in [3.63, 3.8) is 0 Å². The van der Waals surface area contributed by atoms with Gasteiger partial charge in [0.2, 0.25) is 0 Å². The largest absolute Gasteiger partial charge is 0.388 e. The minimum Gasteiger partial charge on any atom is -0.171 e. The maximum Gasteiger partial charge on any atom is 0.388 e. The Balaban J connectivity index is -0.0000000865. The summed E-state index contributed by atoms with van der Waals surface area (Å²) < 4.78 is 97.1. The molecule has 0 nitrogen and oxygen atoms in total. The topological polar surface area (TPSA) is 0 Å². The molecule has 19 heavy (non-hydrogen) atoms. The van der Waals surface area contributed by atoms with E-state index in [1.165, 1.54) is 0 Å². The molecule has 0 saturated heterocycles. The predicted molar refractivity (Wildman–Crippen MR) is 55.8 cm³/mol. The zero-order valence-electron chi connectivity index (χ0n) is 10.0. The van der Waals surface area contributed by atoms with E-state index in [1.54, 1.807) is 0 Å². The van der Waals surface area contributed by atoms with Crippen LogP contribution in [-0.4, -0.2) is 18.5 Å². The summed E-state index contributed by atoms with van der Waals surface area (Å²) in [6, 6.07) is 0. The van der Waals surface area contributed by atoms with Crippen molar-refractivity contribution in [2.24, 2.45) is 0 Å². The quantitative estimate of drug-likeness (QED) is 0.447. The van der Waals surface area contributed by atoms with Crippen molar-refractivity contribution >= 4 is 0 Å². The monoisotopic (exact) mass is 310 g/mol. The van der Waals surface area contributed by atoms with E-state index < -0.39 is 37.8 Å². The van der Waals surface area contributed by atoms with Gasteiger partial charge < -0.3 is 0 Å². The third-order valence-electron chi connectivity index (χ3n) is 1.20. The van der Waals surface area contributed by atoms with Gasteiger partial charge in [0.1, 0.15) is 0 Å². The van der Waals surface area contributed by atoms with Gasteiger partial charge >= 0.3 is 18.5 Å². The van der Waals surface area contributed by atoms with Crippen LogP contribution in [0.2, 0.25) is 0 Å². The highest BCUT2D eigenvalue weighted by molar-refractivity contribution is 4.40. The van der Waals surface area contributed by atoms with Gasteiger partial charge in [-0.3, -0.25) is 0 Å². The molecule has 122 valence electrons. The first-order chi connectivity index (χ1) is 7.68. The first kappa shape index (κ1) is 26.8. The number of rotatable bonds is 0. The van der Waals surface area contributed by atoms with E-state index in [0.717, 1.165) is 20.8 Å². The summed E-state index contributed by atoms with van der Waals surface area (Å²) >= 11 is 0. The van der Waals surface area contributed by atoms with Crippen LogP contribution in [0.25, 0.3) is 0 Å². The van der Waals surface area contributed by atoms with E-state index in [4.69, 9.17) is 0 Å². The Bertz CT molecular complexity index is 142. The molecule has 0 aliphatic carbocycles. The van der Waals surface area contributed by atoms with Gasteiger partial charge in [0.05, 0.1) is 0 Å². The minimum absolute atomic E-state index is 0. The highest BCUT2D eigenvalue weighted by Crippen LogP contribution is 2.18. The van der Waals surface area contributed by atoms with Crippen LogP contribution in [0, 0.1) is 0 Å². The average molecular weight is 310 g/mol. The highest BCUT2D eigenvalue weighted by atomic mass is 19.4. The Morgan fingerprint density at radius 3 is 0.526 bits per heavy atom. The molecule has 0 radical (unpaired) electrons. The van der Waals surface area contributed by atoms with Gasteiger partial charge in [-0.1, -0.05) is 28.2 Å². The Hall–Kier alpha value is -0.630. The molecule has 0 aliphatic heterocycles. The Labute approximate surface area is 107 Å². The Kier molecular flexibility index (Phi) is 15.8. The molecule has 0 fully saturated rings. The SMILES string of the molecule is C.CCC(F)(F)F.CCC(F)(F)F.CCC(F)(F)F. The average Bonchev–Trinajstić information content (AvgIpc) is 2.16. The minimum atomic E-state index is -3.96. The third kappa shape index (κ3) is 58.6. The van der Waals surface area contributed by atoms with Crippen LogP contribution in [0.1, 0.15) is 47.5 Å². The van der Waals surface area contributed by atoms with Crippen LogP contribution in [0.3, 0.4) is 0 Å². The van der Waals surface area contributed by atoms with Crippen LogP contribution in [0.5, 0.6) is 0 Å². The maximum atomic E-state index is 10.8. The Morgan fingerprint density at radius 1 is 0.474 bits per heavy atom. The van der Waals surface area contributed by atoms with E-state index in [0.29, 0.717) is 0 Å². The van der Waals surface area contributed by atoms with Crippen LogP contribution < -0.4 is 0 Å². The van der Waals surface area contributed by atoms with Gasteiger partial charge in [0.25, 0.3) is 0 Å². The van der Waals surface area contributed by atoms with E-state index in [1.807, 2.05) is 0 Å². The van der Waals surface area contributed by atoms with Gasteiger partial charge in [-0.15, -0.1) is 0 Å². The van der Waals surface area contributed by atoms with Gasteiger partial charge in [-0.2, -0.15) is 39.5 Å². The van der Waals surface area contributed by atoms with E-state index in [2.05, 4.69) is 0 Å². The molecule has 0 aromatic heterocycles. The lowest BCUT2D eigenvalue weighted by molar-refractivity contribution is -0.131. The van der Waals surface area contributed by atoms with Crippen molar-refractivity contribution in [2.75, 3.05) is 0 Å². The molecule has 0 atom stereocenters. The molecular weight excluding hydrogens is 291 g/mol. The molecule has 9 heteroatoms. The molecule has 0 bridgehead atoms. The van der Waals surface area contributed by atoms with Gasteiger partial charge in [0.15, 0.2) is 0 Å². The second kappa shape index (κ2) is 11.2. The van der Waals surface area contributed by atoms with Gasteiger partial charge in [0, 0.05) is 19.3 Å².